The molecule has 0 saturated heterocycles. The first-order chi connectivity index (χ1) is 15.9. The van der Waals surface area contributed by atoms with Crippen molar-refractivity contribution < 1.29 is 24.2 Å². The Hall–Kier alpha value is -3.80. The first-order valence-electron chi connectivity index (χ1n) is 11.0. The zero-order chi connectivity index (χ0) is 23.8. The Morgan fingerprint density at radius 1 is 0.909 bits per heavy atom. The van der Waals surface area contributed by atoms with E-state index in [-0.39, 0.29) is 5.91 Å². The highest BCUT2D eigenvalue weighted by molar-refractivity contribution is 5.95. The lowest BCUT2D eigenvalue weighted by molar-refractivity contribution is -0.139. The number of aliphatic carboxylic acids is 1. The smallest absolute Gasteiger partial charge is 0.341 e. The summed E-state index contributed by atoms with van der Waals surface area (Å²) in [5, 5.41) is 11.3. The Labute approximate surface area is 194 Å². The minimum absolute atomic E-state index is 0.0675. The second-order valence-electron chi connectivity index (χ2n) is 7.65. The van der Waals surface area contributed by atoms with Crippen LogP contribution in [0.1, 0.15) is 31.9 Å². The summed E-state index contributed by atoms with van der Waals surface area (Å²) in [5.74, 6) is -0.387. The maximum atomic E-state index is 12.4. The molecule has 0 bridgehead atoms. The number of rotatable bonds is 10. The number of likely N-dealkylation sites (N-methyl/N-ethyl adjacent to an activating group) is 1. The van der Waals surface area contributed by atoms with Crippen LogP contribution in [0.2, 0.25) is 0 Å². The Morgan fingerprint density at radius 3 is 2.33 bits per heavy atom. The molecule has 0 saturated carbocycles. The fourth-order valence-corrected chi connectivity index (χ4v) is 3.51. The molecular formula is C27H29NO5. The van der Waals surface area contributed by atoms with Gasteiger partial charge in [-0.1, -0.05) is 42.5 Å². The van der Waals surface area contributed by atoms with Gasteiger partial charge in [-0.2, -0.15) is 0 Å². The van der Waals surface area contributed by atoms with Crippen LogP contribution in [0.25, 0.3) is 16.3 Å². The molecule has 3 rings (SSSR count). The quantitative estimate of drug-likeness (QED) is 0.435. The molecule has 6 nitrogen and oxygen atoms in total. The lowest BCUT2D eigenvalue weighted by atomic mass is 10.1. The summed E-state index contributed by atoms with van der Waals surface area (Å²) in [6.07, 6.45) is 1.58. The molecule has 33 heavy (non-hydrogen) atoms. The van der Waals surface area contributed by atoms with Gasteiger partial charge in [0.25, 0.3) is 0 Å². The number of allylic oxidation sites excluding steroid dienone is 1. The molecule has 0 aliphatic heterocycles. The van der Waals surface area contributed by atoms with Crippen molar-refractivity contribution in [2.45, 2.75) is 27.4 Å². The largest absolute Gasteiger partial charge is 0.485 e. The minimum atomic E-state index is -1.08. The molecule has 0 aliphatic rings. The monoisotopic (exact) mass is 447 g/mol. The van der Waals surface area contributed by atoms with Crippen LogP contribution in [0.5, 0.6) is 11.5 Å². The van der Waals surface area contributed by atoms with Crippen molar-refractivity contribution in [2.24, 2.45) is 0 Å². The van der Waals surface area contributed by atoms with Crippen molar-refractivity contribution in [3.63, 3.8) is 0 Å². The van der Waals surface area contributed by atoms with E-state index in [1.165, 1.54) is 0 Å². The number of carbonyl (C=O) groups is 2. The lowest BCUT2D eigenvalue weighted by Crippen LogP contribution is -2.28. The number of ether oxygens (including phenoxy) is 2. The number of carboxylic acid groups (broad SMARTS) is 1. The van der Waals surface area contributed by atoms with Crippen LogP contribution in [0.3, 0.4) is 0 Å². The SMILES string of the molecule is CCN(CC)C(=O)/C=C(/C)c1ccc(OCc2ccc3ccccc3c2)c(OCC(=O)O)c1. The first kappa shape index (κ1) is 23.9. The summed E-state index contributed by atoms with van der Waals surface area (Å²) in [7, 11) is 0. The first-order valence-corrected chi connectivity index (χ1v) is 11.0. The highest BCUT2D eigenvalue weighted by Crippen LogP contribution is 2.32. The normalized spacial score (nSPS) is 11.3. The van der Waals surface area contributed by atoms with Crippen molar-refractivity contribution in [2.75, 3.05) is 19.7 Å². The molecule has 0 spiro atoms. The van der Waals surface area contributed by atoms with Gasteiger partial charge in [-0.05, 0) is 66.4 Å². The second-order valence-corrected chi connectivity index (χ2v) is 7.65. The van der Waals surface area contributed by atoms with Crippen molar-refractivity contribution in [3.8, 4) is 11.5 Å². The third-order valence-corrected chi connectivity index (χ3v) is 5.37. The molecule has 0 radical (unpaired) electrons. The zero-order valence-electron chi connectivity index (χ0n) is 19.2. The number of carbonyl (C=O) groups excluding carboxylic acids is 1. The van der Waals surface area contributed by atoms with Crippen molar-refractivity contribution >= 4 is 28.2 Å². The summed E-state index contributed by atoms with van der Waals surface area (Å²) < 4.78 is 11.5. The van der Waals surface area contributed by atoms with Gasteiger partial charge in [0.1, 0.15) is 6.61 Å². The summed E-state index contributed by atoms with van der Waals surface area (Å²) in [6, 6.07) is 19.5. The molecular weight excluding hydrogens is 418 g/mol. The number of amides is 1. The van der Waals surface area contributed by atoms with Crippen LogP contribution in [0, 0.1) is 0 Å². The number of carboxylic acids is 1. The van der Waals surface area contributed by atoms with Crippen molar-refractivity contribution in [1.82, 2.24) is 4.90 Å². The number of nitrogens with zero attached hydrogens (tertiary/aromatic N) is 1. The number of hydrogen-bond donors (Lipinski definition) is 1. The highest BCUT2D eigenvalue weighted by atomic mass is 16.5. The lowest BCUT2D eigenvalue weighted by Gasteiger charge is -2.17. The third kappa shape index (κ3) is 6.35. The molecule has 0 heterocycles. The molecule has 0 aliphatic carbocycles. The zero-order valence-corrected chi connectivity index (χ0v) is 19.2. The van der Waals surface area contributed by atoms with E-state index < -0.39 is 12.6 Å². The van der Waals surface area contributed by atoms with E-state index in [2.05, 4.69) is 12.1 Å². The number of fused-ring (bicyclic) bond motifs is 1. The molecule has 0 unspecified atom stereocenters. The third-order valence-electron chi connectivity index (χ3n) is 5.37. The molecule has 1 N–H and O–H groups in total. The average Bonchev–Trinajstić information content (AvgIpc) is 2.82. The summed E-state index contributed by atoms with van der Waals surface area (Å²) in [5.41, 5.74) is 2.50. The average molecular weight is 448 g/mol. The molecule has 0 atom stereocenters. The van der Waals surface area contributed by atoms with Crippen LogP contribution in [0.4, 0.5) is 0 Å². The molecule has 0 fully saturated rings. The molecule has 0 aromatic heterocycles. The topological polar surface area (TPSA) is 76.1 Å². The predicted octanol–water partition coefficient (Wildman–Crippen LogP) is 5.15. The van der Waals surface area contributed by atoms with E-state index in [9.17, 15) is 9.59 Å². The fourth-order valence-electron chi connectivity index (χ4n) is 3.51. The molecule has 3 aromatic rings. The fraction of sp³-hybridized carbons (Fsp3) is 0.259. The molecule has 172 valence electrons. The van der Waals surface area contributed by atoms with Gasteiger partial charge in [-0.3, -0.25) is 4.79 Å². The maximum Gasteiger partial charge on any atom is 0.341 e. The van der Waals surface area contributed by atoms with Gasteiger partial charge in [-0.25, -0.2) is 4.79 Å². The Bertz CT molecular complexity index is 1160. The van der Waals surface area contributed by atoms with Gasteiger partial charge < -0.3 is 19.5 Å². The van der Waals surface area contributed by atoms with E-state index >= 15 is 0 Å². The minimum Gasteiger partial charge on any atom is -0.485 e. The van der Waals surface area contributed by atoms with Crippen LogP contribution in [0.15, 0.2) is 66.7 Å². The van der Waals surface area contributed by atoms with Crippen molar-refractivity contribution in [1.29, 1.82) is 0 Å². The predicted molar refractivity (Wildman–Crippen MR) is 129 cm³/mol. The molecule has 6 heteroatoms. The standard InChI is InChI=1S/C27H29NO5/c1-4-28(5-2)26(29)14-19(3)22-12-13-24(25(16-22)33-18-27(30)31)32-17-20-10-11-21-8-6-7-9-23(21)15-20/h6-16H,4-5,17-18H2,1-3H3,(H,30,31)/b19-14-. The Balaban J connectivity index is 1.82. The highest BCUT2D eigenvalue weighted by Gasteiger charge is 2.12. The Morgan fingerprint density at radius 2 is 1.64 bits per heavy atom. The van der Waals surface area contributed by atoms with E-state index in [1.807, 2.05) is 57.2 Å². The number of hydrogen-bond acceptors (Lipinski definition) is 4. The van der Waals surface area contributed by atoms with Gasteiger partial charge in [0.2, 0.25) is 5.91 Å². The van der Waals surface area contributed by atoms with Gasteiger partial charge in [0, 0.05) is 19.2 Å². The maximum absolute atomic E-state index is 12.4. The van der Waals surface area contributed by atoms with Gasteiger partial charge in [0.05, 0.1) is 0 Å². The summed E-state index contributed by atoms with van der Waals surface area (Å²) in [4.78, 5) is 25.2. The van der Waals surface area contributed by atoms with E-state index in [0.29, 0.717) is 31.2 Å². The van der Waals surface area contributed by atoms with Crippen molar-refractivity contribution in [3.05, 3.63) is 77.9 Å². The molecule has 3 aromatic carbocycles. The van der Waals surface area contributed by atoms with Crippen LogP contribution < -0.4 is 9.47 Å². The van der Waals surface area contributed by atoms with E-state index in [4.69, 9.17) is 14.6 Å². The van der Waals surface area contributed by atoms with Crippen LogP contribution in [-0.4, -0.2) is 41.6 Å². The van der Waals surface area contributed by atoms with Crippen LogP contribution in [-0.2, 0) is 16.2 Å². The van der Waals surface area contributed by atoms with Crippen LogP contribution >= 0.6 is 0 Å². The summed E-state index contributed by atoms with van der Waals surface area (Å²) in [6.45, 7) is 6.79. The van der Waals surface area contributed by atoms with Gasteiger partial charge in [-0.15, -0.1) is 0 Å². The second kappa shape index (κ2) is 11.2. The Kier molecular flexibility index (Phi) is 8.08. The van der Waals surface area contributed by atoms with Gasteiger partial charge in [0.15, 0.2) is 18.1 Å². The number of benzene rings is 3. The molecule has 1 amide bonds. The van der Waals surface area contributed by atoms with E-state index in [1.54, 1.807) is 23.1 Å². The van der Waals surface area contributed by atoms with E-state index in [0.717, 1.165) is 27.5 Å². The van der Waals surface area contributed by atoms with Gasteiger partial charge >= 0.3 is 5.97 Å². The summed E-state index contributed by atoms with van der Waals surface area (Å²) >= 11 is 0.